The van der Waals surface area contributed by atoms with E-state index in [1.54, 1.807) is 0 Å². The van der Waals surface area contributed by atoms with Crippen LogP contribution in [0.3, 0.4) is 0 Å². The SMILES string of the molecule is CCN(CC)CCC[C@@]12CCCC[C@@H]1c1ccccc1O2.O=C(O)C(=O)O. The quantitative estimate of drug-likeness (QED) is 0.734. The Labute approximate surface area is 161 Å². The molecule has 6 nitrogen and oxygen atoms in total. The number of carboxylic acid groups (broad SMARTS) is 2. The van der Waals surface area contributed by atoms with E-state index in [4.69, 9.17) is 24.5 Å². The van der Waals surface area contributed by atoms with Crippen LogP contribution in [0, 0.1) is 0 Å². The molecule has 3 rings (SSSR count). The molecule has 0 radical (unpaired) electrons. The summed E-state index contributed by atoms with van der Waals surface area (Å²) in [5.74, 6) is -1.85. The van der Waals surface area contributed by atoms with Gasteiger partial charge in [0.2, 0.25) is 0 Å². The van der Waals surface area contributed by atoms with Crippen LogP contribution in [0.25, 0.3) is 0 Å². The molecule has 1 fully saturated rings. The van der Waals surface area contributed by atoms with E-state index >= 15 is 0 Å². The summed E-state index contributed by atoms with van der Waals surface area (Å²) >= 11 is 0. The van der Waals surface area contributed by atoms with Crippen molar-refractivity contribution in [2.24, 2.45) is 0 Å². The number of carbonyl (C=O) groups is 2. The summed E-state index contributed by atoms with van der Waals surface area (Å²) in [6, 6.07) is 8.74. The average Bonchev–Trinajstić information content (AvgIpc) is 3.00. The van der Waals surface area contributed by atoms with Gasteiger partial charge >= 0.3 is 11.9 Å². The zero-order chi connectivity index (χ0) is 19.9. The van der Waals surface area contributed by atoms with Crippen LogP contribution in [0.5, 0.6) is 5.75 Å². The maximum Gasteiger partial charge on any atom is 0.414 e. The Morgan fingerprint density at radius 1 is 1.15 bits per heavy atom. The van der Waals surface area contributed by atoms with E-state index in [0.717, 1.165) is 18.8 Å². The van der Waals surface area contributed by atoms with Crippen molar-refractivity contribution in [1.29, 1.82) is 0 Å². The highest BCUT2D eigenvalue weighted by Gasteiger charge is 2.48. The number of hydrogen-bond donors (Lipinski definition) is 2. The summed E-state index contributed by atoms with van der Waals surface area (Å²) in [6.07, 6.45) is 7.71. The highest BCUT2D eigenvalue weighted by Crippen LogP contribution is 2.53. The second kappa shape index (κ2) is 9.74. The van der Waals surface area contributed by atoms with E-state index in [0.29, 0.717) is 5.92 Å². The number of benzene rings is 1. The summed E-state index contributed by atoms with van der Waals surface area (Å²) in [5.41, 5.74) is 1.58. The minimum Gasteiger partial charge on any atom is -0.486 e. The van der Waals surface area contributed by atoms with Gasteiger partial charge in [0, 0.05) is 11.5 Å². The maximum atomic E-state index is 9.10. The molecule has 2 atom stereocenters. The van der Waals surface area contributed by atoms with Crippen LogP contribution in [-0.4, -0.2) is 52.3 Å². The summed E-state index contributed by atoms with van der Waals surface area (Å²) in [5, 5.41) is 14.8. The minimum absolute atomic E-state index is 0.106. The van der Waals surface area contributed by atoms with E-state index in [1.807, 2.05) is 0 Å². The molecule has 1 aromatic rings. The Morgan fingerprint density at radius 3 is 2.44 bits per heavy atom. The van der Waals surface area contributed by atoms with Gasteiger partial charge in [-0.05, 0) is 57.8 Å². The lowest BCUT2D eigenvalue weighted by Crippen LogP contribution is -2.41. The molecule has 150 valence electrons. The van der Waals surface area contributed by atoms with Gasteiger partial charge < -0.3 is 19.8 Å². The van der Waals surface area contributed by atoms with Gasteiger partial charge in [0.15, 0.2) is 0 Å². The fourth-order valence-electron chi connectivity index (χ4n) is 4.34. The number of rotatable bonds is 6. The highest BCUT2D eigenvalue weighted by atomic mass is 16.5. The van der Waals surface area contributed by atoms with Gasteiger partial charge in [-0.1, -0.05) is 38.5 Å². The van der Waals surface area contributed by atoms with Gasteiger partial charge in [-0.25, -0.2) is 9.59 Å². The molecule has 1 saturated carbocycles. The second-order valence-corrected chi connectivity index (χ2v) is 7.24. The Morgan fingerprint density at radius 2 is 1.81 bits per heavy atom. The molecule has 27 heavy (non-hydrogen) atoms. The van der Waals surface area contributed by atoms with E-state index in [9.17, 15) is 0 Å². The van der Waals surface area contributed by atoms with Gasteiger partial charge in [0.1, 0.15) is 11.4 Å². The predicted molar refractivity (Wildman–Crippen MR) is 103 cm³/mol. The smallest absolute Gasteiger partial charge is 0.414 e. The van der Waals surface area contributed by atoms with Crippen molar-refractivity contribution in [2.75, 3.05) is 19.6 Å². The normalized spacial score (nSPS) is 22.9. The Bertz CT molecular complexity index is 631. The topological polar surface area (TPSA) is 87.1 Å². The number of para-hydroxylation sites is 1. The van der Waals surface area contributed by atoms with E-state index in [2.05, 4.69) is 43.0 Å². The van der Waals surface area contributed by atoms with E-state index in [1.165, 1.54) is 50.6 Å². The first kappa shape index (κ1) is 21.2. The Hall–Kier alpha value is -2.08. The summed E-state index contributed by atoms with van der Waals surface area (Å²) in [4.78, 5) is 20.7. The largest absolute Gasteiger partial charge is 0.486 e. The summed E-state index contributed by atoms with van der Waals surface area (Å²) in [6.45, 7) is 8.05. The number of nitrogens with zero attached hydrogens (tertiary/aromatic N) is 1. The Kier molecular flexibility index (Phi) is 7.66. The lowest BCUT2D eigenvalue weighted by Gasteiger charge is -2.39. The molecule has 0 spiro atoms. The fourth-order valence-corrected chi connectivity index (χ4v) is 4.34. The number of hydrogen-bond acceptors (Lipinski definition) is 4. The standard InChI is InChI=1S/C19H29NO.C2H2O4/c1-3-20(4-2)15-9-14-19-13-8-7-11-17(19)16-10-5-6-12-18(16)21-19;3-1(4)2(5)6/h5-6,10,12,17H,3-4,7-9,11,13-15H2,1-2H3;(H,3,4)(H,5,6)/t17-,19+;/m1./s1. The molecule has 1 aromatic carbocycles. The van der Waals surface area contributed by atoms with Crippen molar-refractivity contribution < 1.29 is 24.5 Å². The third kappa shape index (κ3) is 5.22. The number of aliphatic carboxylic acids is 2. The molecule has 0 saturated heterocycles. The molecule has 0 unspecified atom stereocenters. The van der Waals surface area contributed by atoms with Crippen LogP contribution in [0.1, 0.15) is 63.9 Å². The fraction of sp³-hybridized carbons (Fsp3) is 0.619. The van der Waals surface area contributed by atoms with Crippen molar-refractivity contribution in [3.63, 3.8) is 0 Å². The third-order valence-corrected chi connectivity index (χ3v) is 5.74. The number of ether oxygens (including phenoxy) is 1. The zero-order valence-electron chi connectivity index (χ0n) is 16.3. The maximum absolute atomic E-state index is 9.10. The molecule has 0 amide bonds. The molecular weight excluding hydrogens is 346 g/mol. The van der Waals surface area contributed by atoms with Crippen LogP contribution in [0.2, 0.25) is 0 Å². The lowest BCUT2D eigenvalue weighted by molar-refractivity contribution is -0.159. The van der Waals surface area contributed by atoms with Crippen LogP contribution >= 0.6 is 0 Å². The van der Waals surface area contributed by atoms with Crippen LogP contribution < -0.4 is 4.74 Å². The lowest BCUT2D eigenvalue weighted by atomic mass is 9.71. The molecule has 1 aliphatic carbocycles. The van der Waals surface area contributed by atoms with Crippen molar-refractivity contribution in [1.82, 2.24) is 4.90 Å². The molecule has 1 heterocycles. The van der Waals surface area contributed by atoms with Crippen molar-refractivity contribution in [3.05, 3.63) is 29.8 Å². The summed E-state index contributed by atoms with van der Waals surface area (Å²) in [7, 11) is 0. The molecule has 0 bridgehead atoms. The van der Waals surface area contributed by atoms with Crippen LogP contribution in [0.15, 0.2) is 24.3 Å². The third-order valence-electron chi connectivity index (χ3n) is 5.74. The van der Waals surface area contributed by atoms with Crippen molar-refractivity contribution >= 4 is 11.9 Å². The van der Waals surface area contributed by atoms with Gasteiger partial charge in [-0.3, -0.25) is 0 Å². The first-order valence-electron chi connectivity index (χ1n) is 9.90. The van der Waals surface area contributed by atoms with E-state index < -0.39 is 11.9 Å². The van der Waals surface area contributed by atoms with Crippen molar-refractivity contribution in [2.45, 2.75) is 63.9 Å². The predicted octanol–water partition coefficient (Wildman–Crippen LogP) is 3.75. The molecule has 1 aliphatic heterocycles. The molecule has 6 heteroatoms. The average molecular weight is 377 g/mol. The zero-order valence-corrected chi connectivity index (χ0v) is 16.3. The first-order valence-corrected chi connectivity index (χ1v) is 9.90. The highest BCUT2D eigenvalue weighted by molar-refractivity contribution is 6.27. The second-order valence-electron chi connectivity index (χ2n) is 7.24. The number of carboxylic acids is 2. The molecule has 2 aliphatic rings. The van der Waals surface area contributed by atoms with Gasteiger partial charge in [-0.15, -0.1) is 0 Å². The van der Waals surface area contributed by atoms with E-state index in [-0.39, 0.29) is 5.60 Å². The molecule has 0 aromatic heterocycles. The molecule has 2 N–H and O–H groups in total. The molecular formula is C21H31NO5. The van der Waals surface area contributed by atoms with Crippen LogP contribution in [0.4, 0.5) is 0 Å². The monoisotopic (exact) mass is 377 g/mol. The van der Waals surface area contributed by atoms with Crippen LogP contribution in [-0.2, 0) is 9.59 Å². The van der Waals surface area contributed by atoms with Gasteiger partial charge in [-0.2, -0.15) is 0 Å². The van der Waals surface area contributed by atoms with Gasteiger partial charge in [0.25, 0.3) is 0 Å². The van der Waals surface area contributed by atoms with Crippen molar-refractivity contribution in [3.8, 4) is 5.75 Å². The number of fused-ring (bicyclic) bond motifs is 3. The first-order chi connectivity index (χ1) is 12.9. The minimum atomic E-state index is -1.82. The van der Waals surface area contributed by atoms with Gasteiger partial charge in [0.05, 0.1) is 0 Å². The Balaban J connectivity index is 0.000000380. The summed E-state index contributed by atoms with van der Waals surface area (Å²) < 4.78 is 6.53.